The Morgan fingerprint density at radius 1 is 1.00 bits per heavy atom. The molecule has 0 aliphatic rings. The van der Waals surface area contributed by atoms with Gasteiger partial charge in [0.25, 0.3) is 0 Å². The Labute approximate surface area is 40.2 Å². The van der Waals surface area contributed by atoms with E-state index in [1.165, 1.54) is 0 Å². The van der Waals surface area contributed by atoms with Crippen molar-refractivity contribution in [3.05, 3.63) is 25.3 Å². The van der Waals surface area contributed by atoms with Crippen molar-refractivity contribution in [1.82, 2.24) is 0 Å². The molecule has 0 amide bonds. The first-order valence-electron chi connectivity index (χ1n) is 1.99. The van der Waals surface area contributed by atoms with Gasteiger partial charge in [-0.2, -0.15) is 0 Å². The van der Waals surface area contributed by atoms with Gasteiger partial charge in [-0.1, -0.05) is 12.2 Å². The van der Waals surface area contributed by atoms with Gasteiger partial charge in [0.05, 0.1) is 0 Å². The van der Waals surface area contributed by atoms with Crippen LogP contribution in [-0.4, -0.2) is 0 Å². The van der Waals surface area contributed by atoms with E-state index in [0.717, 1.165) is 0 Å². The summed E-state index contributed by atoms with van der Waals surface area (Å²) in [5.41, 5.74) is 0. The lowest BCUT2D eigenvalue weighted by Gasteiger charge is -1.49. The Morgan fingerprint density at radius 2 is 1.17 bits per heavy atom. The second kappa shape index (κ2) is 24.8. The largest absolute Gasteiger partial charge is 0.106 e. The Kier molecular flexibility index (Phi) is 37.5. The highest BCUT2D eigenvalue weighted by Gasteiger charge is 1.34. The molecule has 0 aliphatic carbocycles. The van der Waals surface area contributed by atoms with Crippen molar-refractivity contribution in [2.45, 2.75) is 13.8 Å². The molecule has 0 saturated carbocycles. The van der Waals surface area contributed by atoms with Crippen LogP contribution in [0.15, 0.2) is 25.3 Å². The molecule has 0 aromatic rings. The van der Waals surface area contributed by atoms with Crippen molar-refractivity contribution in [3.63, 3.8) is 0 Å². The minimum Gasteiger partial charge on any atom is -0.106 e. The molecular weight excluding hydrogens is 72.1 g/mol. The van der Waals surface area contributed by atoms with E-state index in [1.807, 2.05) is 26.0 Å². The summed E-state index contributed by atoms with van der Waals surface area (Å²) in [6, 6.07) is 0. The van der Waals surface area contributed by atoms with E-state index in [1.54, 1.807) is 0 Å². The molecule has 0 heterocycles. The molecule has 0 radical (unpaired) electrons. The van der Waals surface area contributed by atoms with E-state index < -0.39 is 0 Å². The molecule has 0 spiro atoms. The van der Waals surface area contributed by atoms with Gasteiger partial charge in [0.15, 0.2) is 0 Å². The normalized spacial score (nSPS) is 7.00. The van der Waals surface area contributed by atoms with E-state index in [-0.39, 0.29) is 0 Å². The average molecular weight is 84.2 g/mol. The molecule has 0 bridgehead atoms. The Hall–Kier alpha value is -0.520. The van der Waals surface area contributed by atoms with Crippen molar-refractivity contribution in [1.29, 1.82) is 0 Å². The first-order valence-corrected chi connectivity index (χ1v) is 1.99. The molecule has 0 nitrogen and oxygen atoms in total. The van der Waals surface area contributed by atoms with Crippen molar-refractivity contribution in [2.24, 2.45) is 0 Å². The minimum absolute atomic E-state index is 2.00. The van der Waals surface area contributed by atoms with E-state index in [2.05, 4.69) is 13.2 Å². The second-order valence-corrected chi connectivity index (χ2v) is 0.667. The Morgan fingerprint density at radius 3 is 1.17 bits per heavy atom. The van der Waals surface area contributed by atoms with Crippen LogP contribution in [-0.2, 0) is 0 Å². The summed E-state index contributed by atoms with van der Waals surface area (Å²) in [5, 5.41) is 0. The molecule has 0 fully saturated rings. The summed E-state index contributed by atoms with van der Waals surface area (Å²) >= 11 is 0. The molecule has 0 unspecified atom stereocenters. The molecule has 0 aromatic heterocycles. The molecular formula is C6H12. The van der Waals surface area contributed by atoms with Gasteiger partial charge in [0.2, 0.25) is 0 Å². The summed E-state index contributed by atoms with van der Waals surface area (Å²) in [6.07, 6.45) is 4.00. The van der Waals surface area contributed by atoms with Gasteiger partial charge in [-0.15, -0.1) is 13.2 Å². The summed E-state index contributed by atoms with van der Waals surface area (Å²) in [5.74, 6) is 0. The maximum absolute atomic E-state index is 3.00. The standard InChI is InChI=1S/C4H8.C2H4/c1-3-4-2;1-2/h3-4H,1-2H3;1-2H2/b4-3-;. The molecule has 0 N–H and O–H groups in total. The molecule has 0 rings (SSSR count). The Balaban J connectivity index is 0. The van der Waals surface area contributed by atoms with Gasteiger partial charge in [-0.3, -0.25) is 0 Å². The van der Waals surface area contributed by atoms with Crippen LogP contribution in [0.25, 0.3) is 0 Å². The third-order valence-electron chi connectivity index (χ3n) is 0.333. The topological polar surface area (TPSA) is 0 Å². The summed E-state index contributed by atoms with van der Waals surface area (Å²) in [6.45, 7) is 10.0. The number of rotatable bonds is 0. The number of allylic oxidation sites excluding steroid dienone is 2. The van der Waals surface area contributed by atoms with Crippen LogP contribution < -0.4 is 0 Å². The molecule has 0 saturated heterocycles. The smallest absolute Gasteiger partial charge is 0.0470 e. The van der Waals surface area contributed by atoms with E-state index >= 15 is 0 Å². The van der Waals surface area contributed by atoms with Crippen LogP contribution in [0.3, 0.4) is 0 Å². The van der Waals surface area contributed by atoms with E-state index in [9.17, 15) is 0 Å². The van der Waals surface area contributed by atoms with Crippen LogP contribution in [0.1, 0.15) is 13.8 Å². The molecule has 36 valence electrons. The van der Waals surface area contributed by atoms with Crippen molar-refractivity contribution < 1.29 is 0 Å². The van der Waals surface area contributed by atoms with Crippen molar-refractivity contribution in [2.75, 3.05) is 0 Å². The molecule has 0 aromatic carbocycles. The third-order valence-corrected chi connectivity index (χ3v) is 0.333. The Bertz CT molecular complexity index is 23.0. The van der Waals surface area contributed by atoms with Gasteiger partial charge in [0.1, 0.15) is 0 Å². The lowest BCUT2D eigenvalue weighted by molar-refractivity contribution is 1.64. The van der Waals surface area contributed by atoms with Crippen molar-refractivity contribution >= 4 is 0 Å². The predicted octanol–water partition coefficient (Wildman–Crippen LogP) is 2.38. The highest BCUT2D eigenvalue weighted by molar-refractivity contribution is 4.68. The highest BCUT2D eigenvalue weighted by Crippen LogP contribution is 1.57. The minimum atomic E-state index is 2.00. The van der Waals surface area contributed by atoms with Crippen LogP contribution in [0, 0.1) is 0 Å². The molecule has 0 aliphatic heterocycles. The quantitative estimate of drug-likeness (QED) is 0.395. The lowest BCUT2D eigenvalue weighted by Crippen LogP contribution is -1.26. The van der Waals surface area contributed by atoms with Gasteiger partial charge in [0, 0.05) is 0 Å². The number of hydrogen-bond donors (Lipinski definition) is 0. The summed E-state index contributed by atoms with van der Waals surface area (Å²) in [4.78, 5) is 0. The zero-order chi connectivity index (χ0) is 5.41. The first kappa shape index (κ1) is 9.08. The van der Waals surface area contributed by atoms with Gasteiger partial charge in [-0.05, 0) is 13.8 Å². The third kappa shape index (κ3) is 92.9. The van der Waals surface area contributed by atoms with E-state index in [0.29, 0.717) is 0 Å². The van der Waals surface area contributed by atoms with Crippen LogP contribution in [0.4, 0.5) is 0 Å². The predicted molar refractivity (Wildman–Crippen MR) is 31.7 cm³/mol. The average Bonchev–Trinajstić information content (AvgIpc) is 1.72. The van der Waals surface area contributed by atoms with Crippen LogP contribution >= 0.6 is 0 Å². The zero-order valence-electron chi connectivity index (χ0n) is 4.57. The summed E-state index contributed by atoms with van der Waals surface area (Å²) < 4.78 is 0. The fraction of sp³-hybridized carbons (Fsp3) is 0.333. The maximum Gasteiger partial charge on any atom is -0.0470 e. The lowest BCUT2D eigenvalue weighted by atomic mass is 10.6. The van der Waals surface area contributed by atoms with E-state index in [4.69, 9.17) is 0 Å². The van der Waals surface area contributed by atoms with Crippen LogP contribution in [0.2, 0.25) is 0 Å². The fourth-order valence-corrected chi connectivity index (χ4v) is 0. The zero-order valence-corrected chi connectivity index (χ0v) is 4.57. The molecule has 6 heavy (non-hydrogen) atoms. The van der Waals surface area contributed by atoms with Gasteiger partial charge in [-0.25, -0.2) is 0 Å². The highest BCUT2D eigenvalue weighted by atomic mass is 13.4. The van der Waals surface area contributed by atoms with Gasteiger partial charge >= 0.3 is 0 Å². The summed E-state index contributed by atoms with van der Waals surface area (Å²) in [7, 11) is 0. The van der Waals surface area contributed by atoms with Crippen LogP contribution in [0.5, 0.6) is 0 Å². The maximum atomic E-state index is 3.00. The van der Waals surface area contributed by atoms with Gasteiger partial charge < -0.3 is 0 Å². The SMILES string of the molecule is C/C=C\C.C=C. The fourth-order valence-electron chi connectivity index (χ4n) is 0. The molecule has 0 atom stereocenters. The number of hydrogen-bond acceptors (Lipinski definition) is 0. The monoisotopic (exact) mass is 84.1 g/mol. The van der Waals surface area contributed by atoms with Crippen molar-refractivity contribution in [3.8, 4) is 0 Å². The molecule has 0 heteroatoms. The first-order chi connectivity index (χ1) is 2.91. The second-order valence-electron chi connectivity index (χ2n) is 0.667.